The van der Waals surface area contributed by atoms with Crippen LogP contribution in [-0.4, -0.2) is 34.0 Å². The van der Waals surface area contributed by atoms with Gasteiger partial charge in [0.15, 0.2) is 11.8 Å². The van der Waals surface area contributed by atoms with Gasteiger partial charge in [-0.2, -0.15) is 4.98 Å². The van der Waals surface area contributed by atoms with Crippen molar-refractivity contribution in [2.75, 3.05) is 11.9 Å². The van der Waals surface area contributed by atoms with E-state index in [0.29, 0.717) is 29.5 Å². The number of guanidine groups is 1. The van der Waals surface area contributed by atoms with Gasteiger partial charge < -0.3 is 20.3 Å². The first-order valence-corrected chi connectivity index (χ1v) is 8.06. The Bertz CT molecular complexity index is 926. The predicted molar refractivity (Wildman–Crippen MR) is 94.5 cm³/mol. The van der Waals surface area contributed by atoms with Crippen LogP contribution in [0, 0.1) is 0 Å². The molecule has 3 N–H and O–H groups in total. The molecule has 0 radical (unpaired) electrons. The highest BCUT2D eigenvalue weighted by molar-refractivity contribution is 5.92. The molecule has 3 rings (SSSR count). The van der Waals surface area contributed by atoms with Gasteiger partial charge in [0.1, 0.15) is 11.4 Å². The molecule has 146 valence electrons. The Hall–Kier alpha value is -3.63. The van der Waals surface area contributed by atoms with Crippen LogP contribution in [0.25, 0.3) is 11.6 Å². The van der Waals surface area contributed by atoms with Crippen molar-refractivity contribution >= 4 is 11.6 Å². The zero-order chi connectivity index (χ0) is 20.0. The third-order valence-electron chi connectivity index (χ3n) is 3.33. The van der Waals surface area contributed by atoms with E-state index < -0.39 is 6.36 Å². The number of aromatic nitrogens is 3. The first-order valence-electron chi connectivity index (χ1n) is 8.06. The third kappa shape index (κ3) is 5.69. The van der Waals surface area contributed by atoms with Gasteiger partial charge in [-0.15, -0.1) is 13.2 Å². The van der Waals surface area contributed by atoms with Crippen molar-refractivity contribution in [1.82, 2.24) is 15.1 Å². The Balaban J connectivity index is 1.50. The topological polar surface area (TPSA) is 111 Å². The Morgan fingerprint density at radius 3 is 2.64 bits per heavy atom. The molecule has 3 aromatic rings. The van der Waals surface area contributed by atoms with E-state index in [4.69, 9.17) is 10.3 Å². The maximum atomic E-state index is 12.1. The number of aliphatic imine (C=N–C) groups is 1. The SMILES string of the molecule is NC(=NCCc1noc(-c2ccccn2)n1)Nc1ccc(OC(F)(F)F)cc1. The number of pyridine rings is 1. The molecule has 8 nitrogen and oxygen atoms in total. The van der Waals surface area contributed by atoms with E-state index in [0.717, 1.165) is 0 Å². The summed E-state index contributed by atoms with van der Waals surface area (Å²) < 4.78 is 45.3. The number of nitrogens with two attached hydrogens (primary N) is 1. The summed E-state index contributed by atoms with van der Waals surface area (Å²) >= 11 is 0. The quantitative estimate of drug-likeness (QED) is 0.490. The number of nitrogens with one attached hydrogen (secondary N) is 1. The monoisotopic (exact) mass is 392 g/mol. The maximum Gasteiger partial charge on any atom is 0.573 e. The van der Waals surface area contributed by atoms with E-state index in [1.807, 2.05) is 6.07 Å². The number of halogens is 3. The van der Waals surface area contributed by atoms with Gasteiger partial charge in [0.2, 0.25) is 0 Å². The van der Waals surface area contributed by atoms with Crippen LogP contribution < -0.4 is 15.8 Å². The number of hydrogen-bond donors (Lipinski definition) is 2. The zero-order valence-electron chi connectivity index (χ0n) is 14.3. The summed E-state index contributed by atoms with van der Waals surface area (Å²) in [6.07, 6.45) is -2.73. The van der Waals surface area contributed by atoms with Crippen LogP contribution >= 0.6 is 0 Å². The van der Waals surface area contributed by atoms with Crippen molar-refractivity contribution < 1.29 is 22.4 Å². The second kappa shape index (κ2) is 8.37. The average Bonchev–Trinajstić information content (AvgIpc) is 3.12. The molecule has 0 aliphatic carbocycles. The van der Waals surface area contributed by atoms with E-state index in [1.165, 1.54) is 24.3 Å². The lowest BCUT2D eigenvalue weighted by Crippen LogP contribution is -2.23. The fourth-order valence-electron chi connectivity index (χ4n) is 2.15. The van der Waals surface area contributed by atoms with Crippen LogP contribution in [0.4, 0.5) is 18.9 Å². The standard InChI is InChI=1S/C17H15F3N6O2/c18-17(19,20)27-12-6-4-11(5-7-12)24-16(21)23-10-8-14-25-15(28-26-14)13-3-1-2-9-22-13/h1-7,9H,8,10H2,(H3,21,23,24). The molecule has 2 aromatic heterocycles. The number of nitrogens with zero attached hydrogens (tertiary/aromatic N) is 4. The molecule has 0 saturated heterocycles. The van der Waals surface area contributed by atoms with Crippen molar-refractivity contribution in [3.8, 4) is 17.3 Å². The predicted octanol–water partition coefficient (Wildman–Crippen LogP) is 3.00. The minimum absolute atomic E-state index is 0.0953. The van der Waals surface area contributed by atoms with Crippen molar-refractivity contribution in [1.29, 1.82) is 0 Å². The van der Waals surface area contributed by atoms with E-state index >= 15 is 0 Å². The molecular weight excluding hydrogens is 377 g/mol. The molecule has 0 spiro atoms. The number of hydrogen-bond acceptors (Lipinski definition) is 6. The molecule has 11 heteroatoms. The van der Waals surface area contributed by atoms with E-state index in [2.05, 4.69) is 30.2 Å². The minimum atomic E-state index is -4.74. The lowest BCUT2D eigenvalue weighted by Gasteiger charge is -2.10. The number of anilines is 1. The first-order chi connectivity index (χ1) is 13.4. The lowest BCUT2D eigenvalue weighted by molar-refractivity contribution is -0.274. The molecule has 0 aliphatic heterocycles. The van der Waals surface area contributed by atoms with Crippen LogP contribution in [0.2, 0.25) is 0 Å². The fourth-order valence-corrected chi connectivity index (χ4v) is 2.15. The first kappa shape index (κ1) is 19.1. The van der Waals surface area contributed by atoms with Crippen LogP contribution in [0.5, 0.6) is 5.75 Å². The van der Waals surface area contributed by atoms with Crippen molar-refractivity contribution in [2.45, 2.75) is 12.8 Å². The zero-order valence-corrected chi connectivity index (χ0v) is 14.3. The highest BCUT2D eigenvalue weighted by Gasteiger charge is 2.30. The van der Waals surface area contributed by atoms with Gasteiger partial charge in [-0.05, 0) is 36.4 Å². The van der Waals surface area contributed by atoms with Gasteiger partial charge in [0, 0.05) is 24.8 Å². The van der Waals surface area contributed by atoms with E-state index in [1.54, 1.807) is 18.3 Å². The summed E-state index contributed by atoms with van der Waals surface area (Å²) in [4.78, 5) is 12.5. The van der Waals surface area contributed by atoms with Gasteiger partial charge in [-0.1, -0.05) is 11.2 Å². The van der Waals surface area contributed by atoms with E-state index in [-0.39, 0.29) is 18.3 Å². The summed E-state index contributed by atoms with van der Waals surface area (Å²) in [6, 6.07) is 10.5. The van der Waals surface area contributed by atoms with Gasteiger partial charge in [-0.3, -0.25) is 9.98 Å². The molecule has 0 fully saturated rings. The molecule has 0 aliphatic rings. The van der Waals surface area contributed by atoms with Gasteiger partial charge in [0.25, 0.3) is 5.89 Å². The number of rotatable bonds is 6. The second-order valence-electron chi connectivity index (χ2n) is 5.44. The largest absolute Gasteiger partial charge is 0.573 e. The van der Waals surface area contributed by atoms with Crippen LogP contribution in [0.1, 0.15) is 5.82 Å². The summed E-state index contributed by atoms with van der Waals surface area (Å²) in [7, 11) is 0. The second-order valence-corrected chi connectivity index (χ2v) is 5.44. The number of alkyl halides is 3. The van der Waals surface area contributed by atoms with Crippen LogP contribution in [0.3, 0.4) is 0 Å². The Kier molecular flexibility index (Phi) is 5.72. The highest BCUT2D eigenvalue weighted by atomic mass is 19.4. The average molecular weight is 392 g/mol. The van der Waals surface area contributed by atoms with Crippen LogP contribution in [-0.2, 0) is 6.42 Å². The van der Waals surface area contributed by atoms with Crippen molar-refractivity contribution in [3.05, 3.63) is 54.5 Å². The Morgan fingerprint density at radius 2 is 1.96 bits per heavy atom. The number of ether oxygens (including phenoxy) is 1. The molecule has 0 unspecified atom stereocenters. The van der Waals surface area contributed by atoms with Gasteiger partial charge >= 0.3 is 6.36 Å². The Morgan fingerprint density at radius 1 is 1.18 bits per heavy atom. The minimum Gasteiger partial charge on any atom is -0.406 e. The molecule has 1 aromatic carbocycles. The highest BCUT2D eigenvalue weighted by Crippen LogP contribution is 2.23. The normalized spacial score (nSPS) is 12.0. The molecule has 28 heavy (non-hydrogen) atoms. The van der Waals surface area contributed by atoms with E-state index in [9.17, 15) is 13.2 Å². The van der Waals surface area contributed by atoms with Crippen LogP contribution in [0.15, 0.2) is 58.2 Å². The molecule has 2 heterocycles. The maximum absolute atomic E-state index is 12.1. The molecule has 0 bridgehead atoms. The molecule has 0 amide bonds. The van der Waals surface area contributed by atoms with Crippen molar-refractivity contribution in [2.24, 2.45) is 10.7 Å². The van der Waals surface area contributed by atoms with Crippen molar-refractivity contribution in [3.63, 3.8) is 0 Å². The summed E-state index contributed by atoms with van der Waals surface area (Å²) in [5, 5.41) is 6.62. The van der Waals surface area contributed by atoms with Gasteiger partial charge in [0.05, 0.1) is 0 Å². The molecule has 0 atom stereocenters. The lowest BCUT2D eigenvalue weighted by atomic mass is 10.3. The van der Waals surface area contributed by atoms with Gasteiger partial charge in [-0.25, -0.2) is 0 Å². The summed E-state index contributed by atoms with van der Waals surface area (Å²) in [5.74, 6) is 0.532. The summed E-state index contributed by atoms with van der Waals surface area (Å²) in [6.45, 7) is 0.287. The number of benzene rings is 1. The molecular formula is C17H15F3N6O2. The summed E-state index contributed by atoms with van der Waals surface area (Å²) in [5.41, 5.74) is 6.80. The fraction of sp³-hybridized carbons (Fsp3) is 0.176. The Labute approximate surface area is 157 Å². The smallest absolute Gasteiger partial charge is 0.406 e. The molecule has 0 saturated carbocycles. The third-order valence-corrected chi connectivity index (χ3v) is 3.33.